The van der Waals surface area contributed by atoms with Crippen LogP contribution in [0.4, 0.5) is 8.78 Å². The lowest BCUT2D eigenvalue weighted by Gasteiger charge is -2.32. The predicted octanol–water partition coefficient (Wildman–Crippen LogP) is 1.52. The van der Waals surface area contributed by atoms with Gasteiger partial charge < -0.3 is 9.88 Å². The van der Waals surface area contributed by atoms with E-state index in [2.05, 4.69) is 5.32 Å². The largest absolute Gasteiger partial charge is 0.318 e. The van der Waals surface area contributed by atoms with Gasteiger partial charge in [-0.3, -0.25) is 4.79 Å². The molecule has 2 heterocycles. The zero-order chi connectivity index (χ0) is 11.8. The van der Waals surface area contributed by atoms with Crippen LogP contribution >= 0.6 is 12.4 Å². The van der Waals surface area contributed by atoms with E-state index in [1.165, 1.54) is 22.9 Å². The monoisotopic (exact) mass is 264 g/mol. The van der Waals surface area contributed by atoms with Gasteiger partial charge in [0.1, 0.15) is 0 Å². The molecule has 1 saturated heterocycles. The molecule has 6 heteroatoms. The van der Waals surface area contributed by atoms with Crippen LogP contribution in [0.25, 0.3) is 0 Å². The predicted molar refractivity (Wildman–Crippen MR) is 64.1 cm³/mol. The van der Waals surface area contributed by atoms with Gasteiger partial charge in [-0.15, -0.1) is 12.4 Å². The lowest BCUT2D eigenvalue weighted by Crippen LogP contribution is -2.43. The number of nitrogens with one attached hydrogen (secondary N) is 1. The van der Waals surface area contributed by atoms with E-state index >= 15 is 0 Å². The van der Waals surface area contributed by atoms with Crippen molar-refractivity contribution in [2.45, 2.75) is 18.3 Å². The van der Waals surface area contributed by atoms with E-state index < -0.39 is 11.8 Å². The summed E-state index contributed by atoms with van der Waals surface area (Å²) in [7, 11) is 1.57. The first-order valence-electron chi connectivity index (χ1n) is 5.26. The Hall–Kier alpha value is -0.940. The Kier molecular flexibility index (Phi) is 4.27. The summed E-state index contributed by atoms with van der Waals surface area (Å²) in [5.41, 5.74) is 0.329. The molecule has 0 aromatic carbocycles. The molecule has 17 heavy (non-hydrogen) atoms. The quantitative estimate of drug-likeness (QED) is 0.835. The van der Waals surface area contributed by atoms with Gasteiger partial charge in [0.05, 0.1) is 5.92 Å². The summed E-state index contributed by atoms with van der Waals surface area (Å²) < 4.78 is 28.7. The van der Waals surface area contributed by atoms with Crippen molar-refractivity contribution >= 4 is 12.4 Å². The van der Waals surface area contributed by atoms with Crippen LogP contribution in [-0.2, 0) is 7.05 Å². The number of piperidine rings is 1. The number of halogens is 3. The van der Waals surface area contributed by atoms with E-state index in [-0.39, 0.29) is 30.9 Å². The van der Waals surface area contributed by atoms with Gasteiger partial charge >= 0.3 is 0 Å². The van der Waals surface area contributed by atoms with Crippen LogP contribution < -0.4 is 10.9 Å². The van der Waals surface area contributed by atoms with Gasteiger partial charge in [0.25, 0.3) is 5.92 Å². The lowest BCUT2D eigenvalue weighted by atomic mass is 9.89. The third kappa shape index (κ3) is 2.84. The van der Waals surface area contributed by atoms with Crippen LogP contribution in [0.3, 0.4) is 0 Å². The Balaban J connectivity index is 0.00000144. The van der Waals surface area contributed by atoms with Crippen LogP contribution in [0, 0.1) is 0 Å². The van der Waals surface area contributed by atoms with E-state index in [1.807, 2.05) is 0 Å². The summed E-state index contributed by atoms with van der Waals surface area (Å²) in [4.78, 5) is 11.2. The lowest BCUT2D eigenvalue weighted by molar-refractivity contribution is -0.0480. The molecule has 1 aromatic heterocycles. The number of aryl methyl sites for hydroxylation is 1. The van der Waals surface area contributed by atoms with Gasteiger partial charge in [-0.2, -0.15) is 0 Å². The van der Waals surface area contributed by atoms with Gasteiger partial charge in [-0.25, -0.2) is 8.78 Å². The molecule has 0 spiro atoms. The van der Waals surface area contributed by atoms with Crippen molar-refractivity contribution in [3.8, 4) is 0 Å². The van der Waals surface area contributed by atoms with E-state index in [4.69, 9.17) is 0 Å². The van der Waals surface area contributed by atoms with Crippen molar-refractivity contribution in [2.24, 2.45) is 7.05 Å². The third-order valence-electron chi connectivity index (χ3n) is 3.00. The minimum absolute atomic E-state index is 0. The molecule has 0 amide bonds. The molecular formula is C11H15ClF2N2O. The van der Waals surface area contributed by atoms with Crippen molar-refractivity contribution in [1.82, 2.24) is 9.88 Å². The summed E-state index contributed by atoms with van der Waals surface area (Å²) in [6.45, 7) is 0.598. The summed E-state index contributed by atoms with van der Waals surface area (Å²) in [6.07, 6.45) is 1.34. The summed E-state index contributed by atoms with van der Waals surface area (Å²) in [5.74, 6) is -3.53. The topological polar surface area (TPSA) is 34.0 Å². The fourth-order valence-corrected chi connectivity index (χ4v) is 2.01. The first-order valence-corrected chi connectivity index (χ1v) is 5.26. The Morgan fingerprint density at radius 3 is 2.76 bits per heavy atom. The van der Waals surface area contributed by atoms with E-state index in [1.54, 1.807) is 7.05 Å². The number of hydrogen-bond acceptors (Lipinski definition) is 2. The van der Waals surface area contributed by atoms with Crippen LogP contribution in [0.5, 0.6) is 0 Å². The van der Waals surface area contributed by atoms with Crippen molar-refractivity contribution in [3.05, 3.63) is 34.2 Å². The van der Waals surface area contributed by atoms with Crippen molar-refractivity contribution in [3.63, 3.8) is 0 Å². The highest BCUT2D eigenvalue weighted by molar-refractivity contribution is 5.85. The molecule has 1 aliphatic rings. The van der Waals surface area contributed by atoms with E-state index in [0.29, 0.717) is 12.1 Å². The Morgan fingerprint density at radius 1 is 1.47 bits per heavy atom. The second kappa shape index (κ2) is 5.14. The van der Waals surface area contributed by atoms with Gasteiger partial charge in [0, 0.05) is 38.8 Å². The van der Waals surface area contributed by atoms with Crippen LogP contribution in [-0.4, -0.2) is 23.6 Å². The maximum Gasteiger partial charge on any atom is 0.257 e. The van der Waals surface area contributed by atoms with Gasteiger partial charge in [-0.05, 0) is 5.56 Å². The summed E-state index contributed by atoms with van der Waals surface area (Å²) in [5, 5.41) is 2.96. The molecule has 0 bridgehead atoms. The van der Waals surface area contributed by atoms with Crippen LogP contribution in [0.15, 0.2) is 23.1 Å². The number of aromatic nitrogens is 1. The Labute approximate surface area is 104 Å². The van der Waals surface area contributed by atoms with Crippen molar-refractivity contribution < 1.29 is 8.78 Å². The first-order chi connectivity index (χ1) is 7.50. The highest BCUT2D eigenvalue weighted by atomic mass is 35.5. The molecule has 1 atom stereocenters. The van der Waals surface area contributed by atoms with Gasteiger partial charge in [-0.1, -0.05) is 6.07 Å². The van der Waals surface area contributed by atoms with E-state index in [9.17, 15) is 13.6 Å². The Morgan fingerprint density at radius 2 is 2.18 bits per heavy atom. The SMILES string of the molecule is Cl.Cn1cc(C2CNCCC2(F)F)ccc1=O. The molecule has 3 nitrogen and oxygen atoms in total. The maximum atomic E-state index is 13.7. The molecule has 0 saturated carbocycles. The molecule has 0 aliphatic carbocycles. The summed E-state index contributed by atoms with van der Waals surface area (Å²) >= 11 is 0. The standard InChI is InChI=1S/C11H14F2N2O.ClH/c1-15-7-8(2-3-10(15)16)9-6-14-5-4-11(9,12)13;/h2-3,7,9,14H,4-6H2,1H3;1H. The average Bonchev–Trinajstić information content (AvgIpc) is 2.22. The highest BCUT2D eigenvalue weighted by Crippen LogP contribution is 2.37. The van der Waals surface area contributed by atoms with E-state index in [0.717, 1.165) is 0 Å². The normalized spacial score (nSPS) is 22.9. The number of alkyl halides is 2. The number of rotatable bonds is 1. The van der Waals surface area contributed by atoms with Crippen molar-refractivity contribution in [2.75, 3.05) is 13.1 Å². The average molecular weight is 265 g/mol. The fourth-order valence-electron chi connectivity index (χ4n) is 2.01. The van der Waals surface area contributed by atoms with Crippen LogP contribution in [0.2, 0.25) is 0 Å². The molecule has 96 valence electrons. The molecule has 1 unspecified atom stereocenters. The zero-order valence-electron chi connectivity index (χ0n) is 9.45. The second-order valence-electron chi connectivity index (χ2n) is 4.18. The number of pyridine rings is 1. The first kappa shape index (κ1) is 14.1. The number of nitrogens with zero attached hydrogens (tertiary/aromatic N) is 1. The Bertz CT molecular complexity index is 447. The minimum atomic E-state index is -2.69. The highest BCUT2D eigenvalue weighted by Gasteiger charge is 2.42. The second-order valence-corrected chi connectivity index (χ2v) is 4.18. The molecular weight excluding hydrogens is 250 g/mol. The fraction of sp³-hybridized carbons (Fsp3) is 0.545. The molecule has 1 N–H and O–H groups in total. The van der Waals surface area contributed by atoms with Gasteiger partial charge in [0.15, 0.2) is 0 Å². The van der Waals surface area contributed by atoms with Crippen molar-refractivity contribution in [1.29, 1.82) is 0 Å². The minimum Gasteiger partial charge on any atom is -0.318 e. The molecule has 1 aromatic rings. The third-order valence-corrected chi connectivity index (χ3v) is 3.00. The molecule has 1 aliphatic heterocycles. The summed E-state index contributed by atoms with van der Waals surface area (Å²) in [6, 6.07) is 2.83. The molecule has 2 rings (SSSR count). The smallest absolute Gasteiger partial charge is 0.257 e. The number of hydrogen-bond donors (Lipinski definition) is 1. The van der Waals surface area contributed by atoms with Gasteiger partial charge in [0.2, 0.25) is 5.56 Å². The maximum absolute atomic E-state index is 13.7. The molecule has 1 fully saturated rings. The van der Waals surface area contributed by atoms with Crippen LogP contribution in [0.1, 0.15) is 17.9 Å². The zero-order valence-corrected chi connectivity index (χ0v) is 10.3. The molecule has 0 radical (unpaired) electrons.